The van der Waals surface area contributed by atoms with Gasteiger partial charge in [-0.3, -0.25) is 4.90 Å². The molecule has 96 valence electrons. The molecule has 2 nitrogen and oxygen atoms in total. The first-order chi connectivity index (χ1) is 7.74. The lowest BCUT2D eigenvalue weighted by atomic mass is 9.95. The molecule has 16 heavy (non-hydrogen) atoms. The van der Waals surface area contributed by atoms with E-state index in [0.29, 0.717) is 6.04 Å². The smallest absolute Gasteiger partial charge is 0.0246 e. The number of nitrogens with two attached hydrogens (primary N) is 1. The van der Waals surface area contributed by atoms with Gasteiger partial charge >= 0.3 is 0 Å². The second-order valence-corrected chi connectivity index (χ2v) is 5.34. The first-order valence-electron chi connectivity index (χ1n) is 7.20. The van der Waals surface area contributed by atoms with E-state index in [1.807, 2.05) is 0 Å². The zero-order valence-corrected chi connectivity index (χ0v) is 11.4. The minimum Gasteiger partial charge on any atom is -0.329 e. The summed E-state index contributed by atoms with van der Waals surface area (Å²) >= 11 is 0. The molecule has 0 bridgehead atoms. The molecule has 1 aliphatic heterocycles. The summed E-state index contributed by atoms with van der Waals surface area (Å²) in [5, 5.41) is 0. The van der Waals surface area contributed by atoms with Crippen molar-refractivity contribution >= 4 is 0 Å². The summed E-state index contributed by atoms with van der Waals surface area (Å²) in [5.74, 6) is 0.733. The Balaban J connectivity index is 2.69. The molecule has 3 unspecified atom stereocenters. The SMILES string of the molecule is CCC(C)C(CN)N1CCCCCC1CC. The Morgan fingerprint density at radius 2 is 2.00 bits per heavy atom. The predicted molar refractivity (Wildman–Crippen MR) is 71.6 cm³/mol. The molecule has 1 aliphatic rings. The summed E-state index contributed by atoms with van der Waals surface area (Å²) in [6, 6.07) is 1.39. The second kappa shape index (κ2) is 7.29. The van der Waals surface area contributed by atoms with E-state index in [9.17, 15) is 0 Å². The molecule has 0 amide bonds. The number of hydrogen-bond donors (Lipinski definition) is 1. The molecule has 0 aromatic rings. The fourth-order valence-corrected chi connectivity index (χ4v) is 3.04. The van der Waals surface area contributed by atoms with Gasteiger partial charge < -0.3 is 5.73 Å². The molecule has 0 radical (unpaired) electrons. The zero-order valence-electron chi connectivity index (χ0n) is 11.4. The number of likely N-dealkylation sites (tertiary alicyclic amines) is 1. The van der Waals surface area contributed by atoms with Gasteiger partial charge in [-0.05, 0) is 31.7 Å². The molecule has 2 N–H and O–H groups in total. The van der Waals surface area contributed by atoms with Crippen LogP contribution in [0.4, 0.5) is 0 Å². The first-order valence-corrected chi connectivity index (χ1v) is 7.20. The van der Waals surface area contributed by atoms with Crippen molar-refractivity contribution in [3.05, 3.63) is 0 Å². The van der Waals surface area contributed by atoms with Gasteiger partial charge in [0, 0.05) is 18.6 Å². The van der Waals surface area contributed by atoms with E-state index >= 15 is 0 Å². The first kappa shape index (κ1) is 14.0. The molecule has 3 atom stereocenters. The van der Waals surface area contributed by atoms with Crippen molar-refractivity contribution < 1.29 is 0 Å². The molecule has 1 rings (SSSR count). The van der Waals surface area contributed by atoms with Crippen LogP contribution < -0.4 is 5.73 Å². The average molecular weight is 226 g/mol. The summed E-state index contributed by atoms with van der Waals surface area (Å²) in [5.41, 5.74) is 6.01. The highest BCUT2D eigenvalue weighted by Crippen LogP contribution is 2.25. The molecule has 0 saturated carbocycles. The molecule has 2 heteroatoms. The Morgan fingerprint density at radius 1 is 1.25 bits per heavy atom. The van der Waals surface area contributed by atoms with Crippen LogP contribution in [0, 0.1) is 5.92 Å². The van der Waals surface area contributed by atoms with Crippen LogP contribution in [0.15, 0.2) is 0 Å². The number of nitrogens with zero attached hydrogens (tertiary/aromatic N) is 1. The van der Waals surface area contributed by atoms with Crippen molar-refractivity contribution in [3.8, 4) is 0 Å². The van der Waals surface area contributed by atoms with Gasteiger partial charge in [0.05, 0.1) is 0 Å². The molecule has 1 fully saturated rings. The van der Waals surface area contributed by atoms with Crippen LogP contribution in [0.5, 0.6) is 0 Å². The van der Waals surface area contributed by atoms with Crippen LogP contribution in [0.25, 0.3) is 0 Å². The highest BCUT2D eigenvalue weighted by molar-refractivity contribution is 4.84. The summed E-state index contributed by atoms with van der Waals surface area (Å²) < 4.78 is 0. The van der Waals surface area contributed by atoms with E-state index < -0.39 is 0 Å². The summed E-state index contributed by atoms with van der Waals surface area (Å²) in [7, 11) is 0. The quantitative estimate of drug-likeness (QED) is 0.781. The van der Waals surface area contributed by atoms with Gasteiger partial charge in [-0.25, -0.2) is 0 Å². The van der Waals surface area contributed by atoms with Crippen LogP contribution >= 0.6 is 0 Å². The lowest BCUT2D eigenvalue weighted by Crippen LogP contribution is -2.49. The molecular weight excluding hydrogens is 196 g/mol. The Labute approximate surface area is 102 Å². The van der Waals surface area contributed by atoms with Gasteiger partial charge in [0.1, 0.15) is 0 Å². The highest BCUT2D eigenvalue weighted by atomic mass is 15.2. The van der Waals surface area contributed by atoms with Crippen molar-refractivity contribution in [2.24, 2.45) is 11.7 Å². The Morgan fingerprint density at radius 3 is 2.56 bits per heavy atom. The molecular formula is C14H30N2. The zero-order chi connectivity index (χ0) is 12.0. The second-order valence-electron chi connectivity index (χ2n) is 5.34. The molecule has 0 spiro atoms. The van der Waals surface area contributed by atoms with E-state index in [0.717, 1.165) is 18.5 Å². The van der Waals surface area contributed by atoms with Gasteiger partial charge in [0.2, 0.25) is 0 Å². The van der Waals surface area contributed by atoms with Crippen LogP contribution in [-0.2, 0) is 0 Å². The van der Waals surface area contributed by atoms with E-state index in [4.69, 9.17) is 5.73 Å². The highest BCUT2D eigenvalue weighted by Gasteiger charge is 2.28. The van der Waals surface area contributed by atoms with Crippen LogP contribution in [0.3, 0.4) is 0 Å². The van der Waals surface area contributed by atoms with Gasteiger partial charge in [0.25, 0.3) is 0 Å². The maximum atomic E-state index is 6.01. The number of rotatable bonds is 5. The van der Waals surface area contributed by atoms with Gasteiger partial charge in [-0.2, -0.15) is 0 Å². The van der Waals surface area contributed by atoms with Crippen molar-refractivity contribution in [2.75, 3.05) is 13.1 Å². The topological polar surface area (TPSA) is 29.3 Å². The van der Waals surface area contributed by atoms with Crippen molar-refractivity contribution in [3.63, 3.8) is 0 Å². The number of hydrogen-bond acceptors (Lipinski definition) is 2. The summed E-state index contributed by atoms with van der Waals surface area (Å²) in [6.07, 6.45) is 8.09. The molecule has 0 aromatic carbocycles. The van der Waals surface area contributed by atoms with Crippen LogP contribution in [0.1, 0.15) is 59.3 Å². The normalized spacial score (nSPS) is 27.4. The third-order valence-electron chi connectivity index (χ3n) is 4.36. The fraction of sp³-hybridized carbons (Fsp3) is 1.00. The lowest BCUT2D eigenvalue weighted by molar-refractivity contribution is 0.0985. The monoisotopic (exact) mass is 226 g/mol. The Kier molecular flexibility index (Phi) is 6.37. The third kappa shape index (κ3) is 3.46. The summed E-state index contributed by atoms with van der Waals surface area (Å²) in [6.45, 7) is 9.06. The average Bonchev–Trinajstić information content (AvgIpc) is 2.55. The van der Waals surface area contributed by atoms with E-state index in [1.54, 1.807) is 0 Å². The van der Waals surface area contributed by atoms with Crippen molar-refractivity contribution in [2.45, 2.75) is 71.4 Å². The maximum absolute atomic E-state index is 6.01. The Hall–Kier alpha value is -0.0800. The largest absolute Gasteiger partial charge is 0.329 e. The Bertz CT molecular complexity index is 182. The standard InChI is InChI=1S/C14H30N2/c1-4-12(3)14(11-15)16-10-8-6-7-9-13(16)5-2/h12-14H,4-11,15H2,1-3H3. The minimum atomic E-state index is 0.605. The van der Waals surface area contributed by atoms with Crippen molar-refractivity contribution in [1.29, 1.82) is 0 Å². The molecule has 0 aliphatic carbocycles. The summed E-state index contributed by atoms with van der Waals surface area (Å²) in [4.78, 5) is 2.72. The van der Waals surface area contributed by atoms with E-state index in [1.165, 1.54) is 45.1 Å². The van der Waals surface area contributed by atoms with E-state index in [2.05, 4.69) is 25.7 Å². The van der Waals surface area contributed by atoms with Gasteiger partial charge in [-0.15, -0.1) is 0 Å². The van der Waals surface area contributed by atoms with Crippen molar-refractivity contribution in [1.82, 2.24) is 4.90 Å². The predicted octanol–water partition coefficient (Wildman–Crippen LogP) is 3.01. The lowest BCUT2D eigenvalue weighted by Gasteiger charge is -2.39. The van der Waals surface area contributed by atoms with E-state index in [-0.39, 0.29) is 0 Å². The molecule has 1 saturated heterocycles. The van der Waals surface area contributed by atoms with Gasteiger partial charge in [0.15, 0.2) is 0 Å². The van der Waals surface area contributed by atoms with Crippen LogP contribution in [-0.4, -0.2) is 30.1 Å². The third-order valence-corrected chi connectivity index (χ3v) is 4.36. The van der Waals surface area contributed by atoms with Gasteiger partial charge in [-0.1, -0.05) is 40.0 Å². The minimum absolute atomic E-state index is 0.605. The fourth-order valence-electron chi connectivity index (χ4n) is 3.04. The maximum Gasteiger partial charge on any atom is 0.0246 e. The van der Waals surface area contributed by atoms with Crippen LogP contribution in [0.2, 0.25) is 0 Å². The molecule has 0 aromatic heterocycles. The molecule has 1 heterocycles.